The second-order valence-electron chi connectivity index (χ2n) is 7.72. The number of nitrogens with zero attached hydrogens (tertiary/aromatic N) is 1. The average molecular weight is 415 g/mol. The summed E-state index contributed by atoms with van der Waals surface area (Å²) in [5.41, 5.74) is 1.53. The summed E-state index contributed by atoms with van der Waals surface area (Å²) >= 11 is 0. The number of hydrogen-bond acceptors (Lipinski definition) is 3. The lowest BCUT2D eigenvalue weighted by atomic mass is 10.1. The van der Waals surface area contributed by atoms with Gasteiger partial charge in [-0.1, -0.05) is 35.9 Å². The van der Waals surface area contributed by atoms with E-state index in [1.165, 1.54) is 11.0 Å². The highest BCUT2D eigenvalue weighted by Gasteiger charge is 2.26. The van der Waals surface area contributed by atoms with Crippen LogP contribution in [0.15, 0.2) is 48.5 Å². The van der Waals surface area contributed by atoms with Gasteiger partial charge >= 0.3 is 0 Å². The Labute approximate surface area is 178 Å². The molecule has 2 rings (SSSR count). The minimum Gasteiger partial charge on any atom is -0.494 e. The molecule has 0 heterocycles. The first-order valence-corrected chi connectivity index (χ1v) is 10.3. The third-order valence-corrected chi connectivity index (χ3v) is 4.72. The van der Waals surface area contributed by atoms with Crippen molar-refractivity contribution in [1.82, 2.24) is 10.2 Å². The maximum Gasteiger partial charge on any atom is 0.242 e. The van der Waals surface area contributed by atoms with Crippen molar-refractivity contribution < 1.29 is 18.7 Å². The molecule has 0 saturated carbocycles. The molecule has 2 amide bonds. The van der Waals surface area contributed by atoms with Crippen LogP contribution in [0.25, 0.3) is 0 Å². The fourth-order valence-corrected chi connectivity index (χ4v) is 2.99. The van der Waals surface area contributed by atoms with E-state index >= 15 is 0 Å². The molecule has 0 unspecified atom stereocenters. The quantitative estimate of drug-likeness (QED) is 0.592. The van der Waals surface area contributed by atoms with Crippen LogP contribution in [0.3, 0.4) is 0 Å². The number of aryl methyl sites for hydroxylation is 1. The molecule has 0 aliphatic carbocycles. The van der Waals surface area contributed by atoms with Crippen molar-refractivity contribution in [1.29, 1.82) is 0 Å². The standard InChI is InChI=1S/C24H31FN2O3/c1-17(2)26-24(29)19(4)27(16-20-8-5-6-9-22(20)25)23(28)10-7-15-30-21-13-11-18(3)12-14-21/h5-6,8-9,11-14,17,19H,7,10,15-16H2,1-4H3,(H,26,29)/t19-/m1/s1. The molecule has 2 aromatic carbocycles. The van der Waals surface area contributed by atoms with Crippen LogP contribution < -0.4 is 10.1 Å². The van der Waals surface area contributed by atoms with Crippen molar-refractivity contribution in [3.8, 4) is 5.75 Å². The highest BCUT2D eigenvalue weighted by molar-refractivity contribution is 5.87. The highest BCUT2D eigenvalue weighted by Crippen LogP contribution is 2.16. The van der Waals surface area contributed by atoms with E-state index in [0.717, 1.165) is 11.3 Å². The number of benzene rings is 2. The Balaban J connectivity index is 2.00. The zero-order valence-corrected chi connectivity index (χ0v) is 18.2. The van der Waals surface area contributed by atoms with Crippen LogP contribution in [0.2, 0.25) is 0 Å². The second kappa shape index (κ2) is 11.3. The smallest absolute Gasteiger partial charge is 0.242 e. The van der Waals surface area contributed by atoms with Gasteiger partial charge < -0.3 is 15.0 Å². The van der Waals surface area contributed by atoms with Crippen LogP contribution >= 0.6 is 0 Å². The number of hydrogen-bond donors (Lipinski definition) is 1. The van der Waals surface area contributed by atoms with Crippen LogP contribution in [0.4, 0.5) is 4.39 Å². The van der Waals surface area contributed by atoms with Gasteiger partial charge in [0.2, 0.25) is 11.8 Å². The lowest BCUT2D eigenvalue weighted by molar-refractivity contribution is -0.141. The molecule has 0 saturated heterocycles. The summed E-state index contributed by atoms with van der Waals surface area (Å²) < 4.78 is 19.8. The highest BCUT2D eigenvalue weighted by atomic mass is 19.1. The molecule has 1 atom stereocenters. The van der Waals surface area contributed by atoms with Crippen molar-refractivity contribution in [2.45, 2.75) is 59.2 Å². The van der Waals surface area contributed by atoms with Gasteiger partial charge in [0.25, 0.3) is 0 Å². The summed E-state index contributed by atoms with van der Waals surface area (Å²) in [6.45, 7) is 7.81. The van der Waals surface area contributed by atoms with Crippen LogP contribution in [-0.4, -0.2) is 35.4 Å². The third-order valence-electron chi connectivity index (χ3n) is 4.72. The number of carbonyl (C=O) groups is 2. The molecular weight excluding hydrogens is 383 g/mol. The summed E-state index contributed by atoms with van der Waals surface area (Å²) in [4.78, 5) is 26.8. The molecule has 0 aliphatic rings. The maximum atomic E-state index is 14.2. The first kappa shape index (κ1) is 23.4. The van der Waals surface area contributed by atoms with E-state index in [1.807, 2.05) is 45.0 Å². The van der Waals surface area contributed by atoms with E-state index in [-0.39, 0.29) is 30.8 Å². The molecular formula is C24H31FN2O3. The van der Waals surface area contributed by atoms with Crippen molar-refractivity contribution in [2.24, 2.45) is 0 Å². The molecule has 0 aromatic heterocycles. The van der Waals surface area contributed by atoms with E-state index < -0.39 is 11.9 Å². The molecule has 2 aromatic rings. The van der Waals surface area contributed by atoms with E-state index in [2.05, 4.69) is 5.32 Å². The number of ether oxygens (including phenoxy) is 1. The summed E-state index contributed by atoms with van der Waals surface area (Å²) in [6, 6.07) is 13.2. The lowest BCUT2D eigenvalue weighted by Crippen LogP contribution is -2.49. The lowest BCUT2D eigenvalue weighted by Gasteiger charge is -2.29. The topological polar surface area (TPSA) is 58.6 Å². The van der Waals surface area contributed by atoms with Gasteiger partial charge in [-0.3, -0.25) is 9.59 Å². The predicted octanol–water partition coefficient (Wildman–Crippen LogP) is 4.24. The predicted molar refractivity (Wildman–Crippen MR) is 116 cm³/mol. The van der Waals surface area contributed by atoms with Crippen LogP contribution in [-0.2, 0) is 16.1 Å². The first-order valence-electron chi connectivity index (χ1n) is 10.3. The van der Waals surface area contributed by atoms with Gasteiger partial charge in [-0.15, -0.1) is 0 Å². The van der Waals surface area contributed by atoms with Crippen LogP contribution in [0, 0.1) is 12.7 Å². The Morgan fingerprint density at radius 2 is 1.73 bits per heavy atom. The molecule has 0 aliphatic heterocycles. The van der Waals surface area contributed by atoms with Gasteiger partial charge in [0, 0.05) is 24.6 Å². The SMILES string of the molecule is Cc1ccc(OCCCC(=O)N(Cc2ccccc2F)[C@H](C)C(=O)NC(C)C)cc1. The Morgan fingerprint density at radius 1 is 1.07 bits per heavy atom. The third kappa shape index (κ3) is 7.17. The molecule has 1 N–H and O–H groups in total. The van der Waals surface area contributed by atoms with E-state index in [0.29, 0.717) is 18.6 Å². The fraction of sp³-hybridized carbons (Fsp3) is 0.417. The molecule has 0 radical (unpaired) electrons. The second-order valence-corrected chi connectivity index (χ2v) is 7.72. The Hall–Kier alpha value is -2.89. The summed E-state index contributed by atoms with van der Waals surface area (Å²) in [5.74, 6) is -0.113. The van der Waals surface area contributed by atoms with Gasteiger partial charge in [-0.2, -0.15) is 0 Å². The minimum atomic E-state index is -0.711. The van der Waals surface area contributed by atoms with Crippen LogP contribution in [0.5, 0.6) is 5.75 Å². The van der Waals surface area contributed by atoms with Crippen molar-refractivity contribution in [3.05, 3.63) is 65.5 Å². The average Bonchev–Trinajstić information content (AvgIpc) is 2.70. The molecule has 6 heteroatoms. The van der Waals surface area contributed by atoms with Crippen LogP contribution in [0.1, 0.15) is 44.7 Å². The van der Waals surface area contributed by atoms with Gasteiger partial charge in [0.05, 0.1) is 6.61 Å². The summed E-state index contributed by atoms with van der Waals surface area (Å²) in [5, 5.41) is 2.82. The van der Waals surface area contributed by atoms with Gasteiger partial charge in [0.1, 0.15) is 17.6 Å². The zero-order chi connectivity index (χ0) is 22.1. The molecule has 0 spiro atoms. The molecule has 30 heavy (non-hydrogen) atoms. The van der Waals surface area contributed by atoms with Gasteiger partial charge in [0.15, 0.2) is 0 Å². The minimum absolute atomic E-state index is 0.0387. The van der Waals surface area contributed by atoms with E-state index in [9.17, 15) is 14.0 Å². The number of rotatable bonds is 10. The fourth-order valence-electron chi connectivity index (χ4n) is 2.99. The van der Waals surface area contributed by atoms with Gasteiger partial charge in [-0.25, -0.2) is 4.39 Å². The number of nitrogens with one attached hydrogen (secondary N) is 1. The number of amides is 2. The first-order chi connectivity index (χ1) is 14.3. The molecule has 0 bridgehead atoms. The van der Waals surface area contributed by atoms with E-state index in [1.54, 1.807) is 25.1 Å². The number of carbonyl (C=O) groups excluding carboxylic acids is 2. The number of halogens is 1. The largest absolute Gasteiger partial charge is 0.494 e. The monoisotopic (exact) mass is 414 g/mol. The van der Waals surface area contributed by atoms with Crippen molar-refractivity contribution in [3.63, 3.8) is 0 Å². The Kier molecular flexibility index (Phi) is 8.84. The van der Waals surface area contributed by atoms with Crippen molar-refractivity contribution in [2.75, 3.05) is 6.61 Å². The molecule has 5 nitrogen and oxygen atoms in total. The summed E-state index contributed by atoms with van der Waals surface area (Å²) in [7, 11) is 0. The summed E-state index contributed by atoms with van der Waals surface area (Å²) in [6.07, 6.45) is 0.707. The Morgan fingerprint density at radius 3 is 2.37 bits per heavy atom. The maximum absolute atomic E-state index is 14.2. The molecule has 0 fully saturated rings. The Bertz CT molecular complexity index is 837. The zero-order valence-electron chi connectivity index (χ0n) is 18.2. The normalized spacial score (nSPS) is 11.8. The van der Waals surface area contributed by atoms with E-state index in [4.69, 9.17) is 4.74 Å². The molecule has 162 valence electrons. The van der Waals surface area contributed by atoms with Gasteiger partial charge in [-0.05, 0) is 52.3 Å². The van der Waals surface area contributed by atoms with Crippen molar-refractivity contribution >= 4 is 11.8 Å².